The molecule has 0 aromatic carbocycles. The minimum Gasteiger partial charge on any atom is -0.198 e. The number of hydrogen-bond donors (Lipinski definition) is 0. The van der Waals surface area contributed by atoms with Crippen LogP contribution in [0.2, 0.25) is 0 Å². The zero-order valence-corrected chi connectivity index (χ0v) is 8.05. The zero-order chi connectivity index (χ0) is 8.81. The Kier molecular flexibility index (Phi) is 6.68. The highest BCUT2D eigenvalue weighted by Gasteiger charge is 2.18. The van der Waals surface area contributed by atoms with Gasteiger partial charge in [0.1, 0.15) is 0 Å². The van der Waals surface area contributed by atoms with Gasteiger partial charge in [-0.3, -0.25) is 0 Å². The van der Waals surface area contributed by atoms with Crippen LogP contribution in [0.3, 0.4) is 0 Å². The monoisotopic (exact) mass is 181 g/mol. The number of nitrogens with zero attached hydrogens (tertiary/aromatic N) is 1. The lowest BCUT2D eigenvalue weighted by atomic mass is 9.86. The molecule has 1 aliphatic carbocycles. The molecule has 0 radical (unpaired) electrons. The molecule has 1 unspecified atom stereocenters. The fourth-order valence-electron chi connectivity index (χ4n) is 2.19. The van der Waals surface area contributed by atoms with Gasteiger partial charge in [0.15, 0.2) is 0 Å². The van der Waals surface area contributed by atoms with E-state index in [1.807, 2.05) is 0 Å². The summed E-state index contributed by atoms with van der Waals surface area (Å²) >= 11 is 0. The predicted octanol–water partition coefficient (Wildman–Crippen LogP) is 4.14. The summed E-state index contributed by atoms with van der Waals surface area (Å²) in [5.74, 6) is 1.47. The molecule has 0 aromatic heterocycles. The van der Waals surface area contributed by atoms with Gasteiger partial charge in [0.2, 0.25) is 0 Å². The molecule has 1 saturated carbocycles. The minimum absolute atomic E-state index is 0. The topological polar surface area (TPSA) is 23.8 Å². The van der Waals surface area contributed by atoms with Crippen molar-refractivity contribution in [2.75, 3.05) is 0 Å². The highest BCUT2D eigenvalue weighted by atomic mass is 14.3. The summed E-state index contributed by atoms with van der Waals surface area (Å²) in [6.45, 7) is 2.24. The van der Waals surface area contributed by atoms with Crippen LogP contribution in [0.4, 0.5) is 0 Å². The first-order valence-corrected chi connectivity index (χ1v) is 5.21. The molecule has 1 atom stereocenters. The van der Waals surface area contributed by atoms with Crippen LogP contribution in [-0.4, -0.2) is 0 Å². The van der Waals surface area contributed by atoms with Gasteiger partial charge in [-0.05, 0) is 11.8 Å². The van der Waals surface area contributed by atoms with Gasteiger partial charge in [0, 0.05) is 6.42 Å². The quantitative estimate of drug-likeness (QED) is 0.587. The van der Waals surface area contributed by atoms with Crippen molar-refractivity contribution in [3.63, 3.8) is 0 Å². The van der Waals surface area contributed by atoms with Crippen molar-refractivity contribution in [2.45, 2.75) is 59.3 Å². The molecule has 1 aliphatic rings. The molecule has 1 nitrogen and oxygen atoms in total. The first-order valence-electron chi connectivity index (χ1n) is 5.21. The highest BCUT2D eigenvalue weighted by molar-refractivity contribution is 4.79. The van der Waals surface area contributed by atoms with E-state index in [1.54, 1.807) is 0 Å². The van der Waals surface area contributed by atoms with Crippen molar-refractivity contribution in [3.8, 4) is 6.07 Å². The SMILES string of the molecule is C.CC(CC#N)C1CCCCCC1. The van der Waals surface area contributed by atoms with Crippen molar-refractivity contribution in [3.05, 3.63) is 0 Å². The Bertz CT molecular complexity index is 149. The van der Waals surface area contributed by atoms with Crippen molar-refractivity contribution in [1.82, 2.24) is 0 Å². The Morgan fingerprint density at radius 2 is 1.77 bits per heavy atom. The summed E-state index contributed by atoms with van der Waals surface area (Å²) < 4.78 is 0. The molecule has 0 aliphatic heterocycles. The van der Waals surface area contributed by atoms with E-state index in [1.165, 1.54) is 38.5 Å². The molecule has 1 rings (SSSR count). The van der Waals surface area contributed by atoms with Gasteiger partial charge < -0.3 is 0 Å². The molecule has 0 amide bonds. The first-order chi connectivity index (χ1) is 5.84. The maximum Gasteiger partial charge on any atom is 0.0624 e. The zero-order valence-electron chi connectivity index (χ0n) is 8.05. The van der Waals surface area contributed by atoms with Gasteiger partial charge in [-0.15, -0.1) is 0 Å². The van der Waals surface area contributed by atoms with Crippen molar-refractivity contribution < 1.29 is 0 Å². The molecule has 0 saturated heterocycles. The van der Waals surface area contributed by atoms with Crippen LogP contribution in [0.25, 0.3) is 0 Å². The first kappa shape index (κ1) is 12.5. The lowest BCUT2D eigenvalue weighted by Gasteiger charge is -2.19. The van der Waals surface area contributed by atoms with Crippen molar-refractivity contribution in [1.29, 1.82) is 5.26 Å². The predicted molar refractivity (Wildman–Crippen MR) is 57.3 cm³/mol. The molecule has 0 bridgehead atoms. The third kappa shape index (κ3) is 4.31. The van der Waals surface area contributed by atoms with Crippen LogP contribution in [0.15, 0.2) is 0 Å². The Balaban J connectivity index is 0.00000144. The Morgan fingerprint density at radius 1 is 1.23 bits per heavy atom. The summed E-state index contributed by atoms with van der Waals surface area (Å²) in [6.07, 6.45) is 9.09. The van der Waals surface area contributed by atoms with Gasteiger partial charge in [-0.25, -0.2) is 0 Å². The highest BCUT2D eigenvalue weighted by Crippen LogP contribution is 2.30. The molecule has 1 heteroatoms. The van der Waals surface area contributed by atoms with Gasteiger partial charge >= 0.3 is 0 Å². The summed E-state index contributed by atoms with van der Waals surface area (Å²) in [7, 11) is 0. The maximum absolute atomic E-state index is 8.59. The Hall–Kier alpha value is -0.510. The van der Waals surface area contributed by atoms with E-state index in [-0.39, 0.29) is 7.43 Å². The third-order valence-corrected chi connectivity index (χ3v) is 3.12. The second kappa shape index (κ2) is 6.95. The van der Waals surface area contributed by atoms with Gasteiger partial charge in [-0.1, -0.05) is 52.9 Å². The number of hydrogen-bond acceptors (Lipinski definition) is 1. The molecule has 0 heterocycles. The average Bonchev–Trinajstić information content (AvgIpc) is 2.32. The van der Waals surface area contributed by atoms with E-state index in [0.717, 1.165) is 12.3 Å². The molecule has 0 spiro atoms. The second-order valence-corrected chi connectivity index (χ2v) is 4.09. The molecule has 13 heavy (non-hydrogen) atoms. The number of nitriles is 1. The van der Waals surface area contributed by atoms with E-state index in [4.69, 9.17) is 5.26 Å². The normalized spacial score (nSPS) is 20.9. The van der Waals surface area contributed by atoms with Crippen LogP contribution in [0.1, 0.15) is 59.3 Å². The van der Waals surface area contributed by atoms with Crippen LogP contribution >= 0.6 is 0 Å². The Labute approximate surface area is 83.1 Å². The molecule has 76 valence electrons. The van der Waals surface area contributed by atoms with E-state index < -0.39 is 0 Å². The van der Waals surface area contributed by atoms with Crippen molar-refractivity contribution >= 4 is 0 Å². The van der Waals surface area contributed by atoms with E-state index in [2.05, 4.69) is 13.0 Å². The third-order valence-electron chi connectivity index (χ3n) is 3.12. The lowest BCUT2D eigenvalue weighted by Crippen LogP contribution is -2.09. The van der Waals surface area contributed by atoms with E-state index >= 15 is 0 Å². The van der Waals surface area contributed by atoms with E-state index in [0.29, 0.717) is 5.92 Å². The maximum atomic E-state index is 8.59. The standard InChI is InChI=1S/C11H19N.CH4/c1-10(8-9-12)11-6-4-2-3-5-7-11;/h10-11H,2-8H2,1H3;1H4. The van der Waals surface area contributed by atoms with Crippen LogP contribution in [0.5, 0.6) is 0 Å². The molecule has 1 fully saturated rings. The van der Waals surface area contributed by atoms with E-state index in [9.17, 15) is 0 Å². The molecular weight excluding hydrogens is 158 g/mol. The molecular formula is C12H23N. The second-order valence-electron chi connectivity index (χ2n) is 4.09. The largest absolute Gasteiger partial charge is 0.198 e. The van der Waals surface area contributed by atoms with Crippen LogP contribution in [-0.2, 0) is 0 Å². The fraction of sp³-hybridized carbons (Fsp3) is 0.917. The fourth-order valence-corrected chi connectivity index (χ4v) is 2.19. The summed E-state index contributed by atoms with van der Waals surface area (Å²) in [6, 6.07) is 2.29. The smallest absolute Gasteiger partial charge is 0.0624 e. The van der Waals surface area contributed by atoms with Gasteiger partial charge in [0.05, 0.1) is 6.07 Å². The average molecular weight is 181 g/mol. The summed E-state index contributed by atoms with van der Waals surface area (Å²) in [5.41, 5.74) is 0. The minimum atomic E-state index is 0. The van der Waals surface area contributed by atoms with Crippen LogP contribution < -0.4 is 0 Å². The van der Waals surface area contributed by atoms with Gasteiger partial charge in [0.25, 0.3) is 0 Å². The molecule has 0 aromatic rings. The Morgan fingerprint density at radius 3 is 2.23 bits per heavy atom. The summed E-state index contributed by atoms with van der Waals surface area (Å²) in [4.78, 5) is 0. The lowest BCUT2D eigenvalue weighted by molar-refractivity contribution is 0.324. The van der Waals surface area contributed by atoms with Gasteiger partial charge in [-0.2, -0.15) is 5.26 Å². The summed E-state index contributed by atoms with van der Waals surface area (Å²) in [5, 5.41) is 8.59. The molecule has 0 N–H and O–H groups in total. The van der Waals surface area contributed by atoms with Crippen molar-refractivity contribution in [2.24, 2.45) is 11.8 Å². The number of rotatable bonds is 2. The van der Waals surface area contributed by atoms with Crippen LogP contribution in [0, 0.1) is 23.2 Å².